The van der Waals surface area contributed by atoms with Crippen LogP contribution in [0.1, 0.15) is 6.92 Å². The quantitative estimate of drug-likeness (QED) is 0.852. The number of hydrogen-bond acceptors (Lipinski definition) is 4. The molecule has 0 heterocycles. The Hall–Kier alpha value is -1.76. The van der Waals surface area contributed by atoms with Crippen molar-refractivity contribution >= 4 is 21.8 Å². The molecule has 0 aliphatic carbocycles. The number of rotatable bonds is 6. The van der Waals surface area contributed by atoms with Crippen molar-refractivity contribution in [2.75, 3.05) is 30.3 Å². The van der Waals surface area contributed by atoms with Crippen LogP contribution in [0.4, 0.5) is 10.5 Å². The lowest BCUT2D eigenvalue weighted by Crippen LogP contribution is -2.38. The molecule has 1 aromatic carbocycles. The van der Waals surface area contributed by atoms with Gasteiger partial charge in [0.1, 0.15) is 0 Å². The molecule has 0 radical (unpaired) electrons. The van der Waals surface area contributed by atoms with Crippen LogP contribution < -0.4 is 9.62 Å². The van der Waals surface area contributed by atoms with Crippen molar-refractivity contribution in [1.29, 1.82) is 0 Å². The summed E-state index contributed by atoms with van der Waals surface area (Å²) in [6, 6.07) is 8.72. The Balaban J connectivity index is 2.66. The number of ether oxygens (including phenoxy) is 1. The highest BCUT2D eigenvalue weighted by Crippen LogP contribution is 2.15. The fourth-order valence-corrected chi connectivity index (χ4v) is 2.45. The van der Waals surface area contributed by atoms with Crippen molar-refractivity contribution in [1.82, 2.24) is 5.32 Å². The van der Waals surface area contributed by atoms with E-state index in [2.05, 4.69) is 5.32 Å². The minimum atomic E-state index is -3.39. The maximum absolute atomic E-state index is 11.7. The number of sulfonamides is 1. The highest BCUT2D eigenvalue weighted by Gasteiger charge is 2.16. The van der Waals surface area contributed by atoms with Gasteiger partial charge >= 0.3 is 6.09 Å². The number of benzene rings is 1. The molecule has 0 saturated carbocycles. The van der Waals surface area contributed by atoms with Crippen molar-refractivity contribution in [3.8, 4) is 0 Å². The van der Waals surface area contributed by atoms with Crippen LogP contribution in [0.25, 0.3) is 0 Å². The van der Waals surface area contributed by atoms with E-state index < -0.39 is 16.1 Å². The normalized spacial score (nSPS) is 10.8. The summed E-state index contributed by atoms with van der Waals surface area (Å²) in [5.41, 5.74) is 0.565. The zero-order valence-electron chi connectivity index (χ0n) is 11.0. The second-order valence-electron chi connectivity index (χ2n) is 3.82. The molecule has 1 rings (SSSR count). The highest BCUT2D eigenvalue weighted by molar-refractivity contribution is 7.92. The van der Waals surface area contributed by atoms with Crippen LogP contribution in [0, 0.1) is 0 Å². The van der Waals surface area contributed by atoms with Gasteiger partial charge in [0.05, 0.1) is 25.1 Å². The molecule has 1 aromatic rings. The molecule has 0 atom stereocenters. The summed E-state index contributed by atoms with van der Waals surface area (Å²) in [6.07, 6.45) is 0.577. The Morgan fingerprint density at radius 1 is 1.32 bits per heavy atom. The summed E-state index contributed by atoms with van der Waals surface area (Å²) in [5, 5.41) is 2.49. The zero-order chi connectivity index (χ0) is 14.3. The van der Waals surface area contributed by atoms with E-state index in [-0.39, 0.29) is 19.7 Å². The van der Waals surface area contributed by atoms with Crippen molar-refractivity contribution in [2.45, 2.75) is 6.92 Å². The Labute approximate surface area is 113 Å². The molecule has 0 saturated heterocycles. The Kier molecular flexibility index (Phi) is 5.62. The lowest BCUT2D eigenvalue weighted by Gasteiger charge is -2.22. The number of amides is 1. The number of carbonyl (C=O) groups is 1. The monoisotopic (exact) mass is 286 g/mol. The minimum Gasteiger partial charge on any atom is -0.450 e. The molecule has 6 nitrogen and oxygen atoms in total. The number of para-hydroxylation sites is 1. The topological polar surface area (TPSA) is 75.7 Å². The van der Waals surface area contributed by atoms with Gasteiger partial charge in [-0.1, -0.05) is 18.2 Å². The Bertz CT molecular complexity index is 502. The summed E-state index contributed by atoms with van der Waals surface area (Å²) >= 11 is 0. The van der Waals surface area contributed by atoms with E-state index in [9.17, 15) is 13.2 Å². The molecular weight excluding hydrogens is 268 g/mol. The van der Waals surface area contributed by atoms with Crippen LogP contribution in [0.15, 0.2) is 30.3 Å². The molecule has 1 N–H and O–H groups in total. The third-order valence-corrected chi connectivity index (χ3v) is 3.50. The predicted octanol–water partition coefficient (Wildman–Crippen LogP) is 1.20. The van der Waals surface area contributed by atoms with E-state index in [1.807, 2.05) is 0 Å². The van der Waals surface area contributed by atoms with Gasteiger partial charge < -0.3 is 10.1 Å². The molecule has 0 spiro atoms. The zero-order valence-corrected chi connectivity index (χ0v) is 11.8. The first-order chi connectivity index (χ1) is 8.95. The van der Waals surface area contributed by atoms with Crippen LogP contribution in [-0.4, -0.2) is 40.5 Å². The van der Waals surface area contributed by atoms with Crippen molar-refractivity contribution in [3.05, 3.63) is 30.3 Å². The summed E-state index contributed by atoms with van der Waals surface area (Å²) < 4.78 is 29.4. The fraction of sp³-hybridized carbons (Fsp3) is 0.417. The lowest BCUT2D eigenvalue weighted by molar-refractivity contribution is 0.152. The molecule has 0 fully saturated rings. The van der Waals surface area contributed by atoms with Gasteiger partial charge in [-0.2, -0.15) is 0 Å². The highest BCUT2D eigenvalue weighted by atomic mass is 32.2. The van der Waals surface area contributed by atoms with E-state index >= 15 is 0 Å². The average Bonchev–Trinajstić information content (AvgIpc) is 2.34. The number of nitrogens with zero attached hydrogens (tertiary/aromatic N) is 1. The first-order valence-electron chi connectivity index (χ1n) is 5.88. The molecule has 0 aliphatic rings. The molecule has 0 unspecified atom stereocenters. The van der Waals surface area contributed by atoms with Gasteiger partial charge in [0.15, 0.2) is 0 Å². The summed E-state index contributed by atoms with van der Waals surface area (Å²) in [5.74, 6) is 0. The van der Waals surface area contributed by atoms with Crippen LogP contribution in [0.3, 0.4) is 0 Å². The van der Waals surface area contributed by atoms with Gasteiger partial charge in [0, 0.05) is 6.54 Å². The predicted molar refractivity (Wildman–Crippen MR) is 73.7 cm³/mol. The molecule has 0 aliphatic heterocycles. The van der Waals surface area contributed by atoms with Gasteiger partial charge in [-0.25, -0.2) is 13.2 Å². The number of carbonyl (C=O) groups excluding carboxylic acids is 1. The van der Waals surface area contributed by atoms with Gasteiger partial charge in [-0.15, -0.1) is 0 Å². The fourth-order valence-electron chi connectivity index (χ4n) is 1.52. The van der Waals surface area contributed by atoms with Gasteiger partial charge in [-0.3, -0.25) is 4.31 Å². The van der Waals surface area contributed by atoms with Crippen LogP contribution >= 0.6 is 0 Å². The van der Waals surface area contributed by atoms with E-state index in [0.717, 1.165) is 6.26 Å². The van der Waals surface area contributed by atoms with E-state index in [4.69, 9.17) is 4.74 Å². The molecule has 19 heavy (non-hydrogen) atoms. The maximum atomic E-state index is 11.7. The average molecular weight is 286 g/mol. The van der Waals surface area contributed by atoms with Crippen LogP contribution in [0.5, 0.6) is 0 Å². The number of anilines is 1. The van der Waals surface area contributed by atoms with Crippen molar-refractivity contribution < 1.29 is 17.9 Å². The first-order valence-corrected chi connectivity index (χ1v) is 7.73. The van der Waals surface area contributed by atoms with Crippen molar-refractivity contribution in [2.24, 2.45) is 0 Å². The SMILES string of the molecule is CCOC(=O)NCCN(c1ccccc1)S(C)(=O)=O. The molecule has 106 valence electrons. The van der Waals surface area contributed by atoms with E-state index in [1.165, 1.54) is 4.31 Å². The van der Waals surface area contributed by atoms with E-state index in [0.29, 0.717) is 5.69 Å². The second-order valence-corrected chi connectivity index (χ2v) is 5.72. The third kappa shape index (κ3) is 5.17. The maximum Gasteiger partial charge on any atom is 0.407 e. The largest absolute Gasteiger partial charge is 0.450 e. The van der Waals surface area contributed by atoms with Gasteiger partial charge in [-0.05, 0) is 19.1 Å². The van der Waals surface area contributed by atoms with E-state index in [1.54, 1.807) is 37.3 Å². The third-order valence-electron chi connectivity index (χ3n) is 2.30. The van der Waals surface area contributed by atoms with Crippen LogP contribution in [-0.2, 0) is 14.8 Å². The number of nitrogens with one attached hydrogen (secondary N) is 1. The minimum absolute atomic E-state index is 0.154. The van der Waals surface area contributed by atoms with Gasteiger partial charge in [0.25, 0.3) is 0 Å². The second kappa shape index (κ2) is 6.98. The smallest absolute Gasteiger partial charge is 0.407 e. The van der Waals surface area contributed by atoms with Gasteiger partial charge in [0.2, 0.25) is 10.0 Å². The van der Waals surface area contributed by atoms with Crippen molar-refractivity contribution in [3.63, 3.8) is 0 Å². The summed E-state index contributed by atoms with van der Waals surface area (Å²) in [6.45, 7) is 2.31. The van der Waals surface area contributed by atoms with Crippen LogP contribution in [0.2, 0.25) is 0 Å². The molecule has 0 bridgehead atoms. The summed E-state index contributed by atoms with van der Waals surface area (Å²) in [7, 11) is -3.39. The first kappa shape index (κ1) is 15.3. The molecule has 0 aromatic heterocycles. The Morgan fingerprint density at radius 2 is 1.95 bits per heavy atom. The lowest BCUT2D eigenvalue weighted by atomic mass is 10.3. The summed E-state index contributed by atoms with van der Waals surface area (Å²) in [4.78, 5) is 11.1. The number of hydrogen-bond donors (Lipinski definition) is 1. The Morgan fingerprint density at radius 3 is 2.47 bits per heavy atom. The standard InChI is InChI=1S/C12H18N2O4S/c1-3-18-12(15)13-9-10-14(19(2,16)17)11-7-5-4-6-8-11/h4-8H,3,9-10H2,1-2H3,(H,13,15). The molecule has 7 heteroatoms. The molecule has 1 amide bonds. The molecular formula is C12H18N2O4S. The number of alkyl carbamates (subject to hydrolysis) is 1.